The van der Waals surface area contributed by atoms with Crippen molar-refractivity contribution in [2.45, 2.75) is 50.3 Å². The van der Waals surface area contributed by atoms with Crippen LogP contribution in [0.2, 0.25) is 0 Å². The van der Waals surface area contributed by atoms with Crippen LogP contribution in [0, 0.1) is 0 Å². The van der Waals surface area contributed by atoms with Crippen LogP contribution in [0.15, 0.2) is 52.0 Å². The van der Waals surface area contributed by atoms with Crippen molar-refractivity contribution in [1.29, 1.82) is 0 Å². The zero-order valence-electron chi connectivity index (χ0n) is 17.3. The monoisotopic (exact) mass is 433 g/mol. The number of nitrogens with one attached hydrogen (secondary N) is 2. The van der Waals surface area contributed by atoms with Crippen molar-refractivity contribution >= 4 is 21.8 Å². The van der Waals surface area contributed by atoms with E-state index in [1.807, 2.05) is 30.3 Å². The predicted molar refractivity (Wildman–Crippen MR) is 111 cm³/mol. The Hall–Kier alpha value is -2.65. The third-order valence-corrected chi connectivity index (χ3v) is 6.22. The molecule has 1 aromatic heterocycles. The van der Waals surface area contributed by atoms with Crippen molar-refractivity contribution in [1.82, 2.24) is 14.9 Å². The first-order valence-electron chi connectivity index (χ1n) is 9.82. The van der Waals surface area contributed by atoms with E-state index < -0.39 is 27.5 Å². The average Bonchev–Trinajstić information content (AvgIpc) is 3.30. The van der Waals surface area contributed by atoms with Gasteiger partial charge in [0, 0.05) is 25.0 Å². The van der Waals surface area contributed by atoms with Crippen LogP contribution in [0.5, 0.6) is 0 Å². The highest BCUT2D eigenvalue weighted by Gasteiger charge is 2.28. The summed E-state index contributed by atoms with van der Waals surface area (Å²) < 4.78 is 32.7. The molecule has 1 atom stereocenters. The van der Waals surface area contributed by atoms with Gasteiger partial charge in [0.2, 0.25) is 11.0 Å². The predicted octanol–water partition coefficient (Wildman–Crippen LogP) is 2.45. The highest BCUT2D eigenvalue weighted by atomic mass is 32.2. The number of rotatable bonds is 7. The van der Waals surface area contributed by atoms with E-state index in [0.29, 0.717) is 19.5 Å². The summed E-state index contributed by atoms with van der Waals surface area (Å²) in [5.41, 5.74) is 0.161. The number of carbonyl (C=O) groups excluding carboxylic acids is 2. The molecule has 9 heteroatoms. The second kappa shape index (κ2) is 8.61. The standard InChI is InChI=1S/C21H27N3O5S/c1-21(2,3)23-30(27,28)19-12-11-17(29-19)20(26)22-16(15-8-5-4-6-9-15)14-24-13-7-10-18(24)25/h4-6,8-9,11-12,16,23H,7,10,13-14H2,1-3H3,(H,22,26). The first-order chi connectivity index (χ1) is 14.0. The van der Waals surface area contributed by atoms with Gasteiger partial charge in [-0.2, -0.15) is 0 Å². The first-order valence-corrected chi connectivity index (χ1v) is 11.3. The Labute approximate surface area is 176 Å². The lowest BCUT2D eigenvalue weighted by atomic mass is 10.1. The van der Waals surface area contributed by atoms with Crippen LogP contribution in [-0.4, -0.2) is 43.8 Å². The van der Waals surface area contributed by atoms with Crippen molar-refractivity contribution < 1.29 is 22.4 Å². The summed E-state index contributed by atoms with van der Waals surface area (Å²) in [6, 6.07) is 11.5. The molecular weight excluding hydrogens is 406 g/mol. The molecule has 1 fully saturated rings. The number of amides is 2. The van der Waals surface area contributed by atoms with Gasteiger partial charge in [0.1, 0.15) is 0 Å². The Morgan fingerprint density at radius 1 is 1.17 bits per heavy atom. The summed E-state index contributed by atoms with van der Waals surface area (Å²) in [5.74, 6) is -0.601. The maximum atomic E-state index is 12.8. The van der Waals surface area contributed by atoms with Crippen LogP contribution in [0.25, 0.3) is 0 Å². The van der Waals surface area contributed by atoms with Crippen LogP contribution in [0.4, 0.5) is 0 Å². The average molecular weight is 434 g/mol. The zero-order chi connectivity index (χ0) is 21.9. The maximum Gasteiger partial charge on any atom is 0.287 e. The number of hydrogen-bond donors (Lipinski definition) is 2. The normalized spacial score (nSPS) is 16.0. The first kappa shape index (κ1) is 22.0. The molecule has 0 bridgehead atoms. The second-order valence-electron chi connectivity index (χ2n) is 8.35. The van der Waals surface area contributed by atoms with Gasteiger partial charge in [0.15, 0.2) is 5.76 Å². The van der Waals surface area contributed by atoms with E-state index in [1.165, 1.54) is 12.1 Å². The molecule has 1 aliphatic rings. The van der Waals surface area contributed by atoms with E-state index in [-0.39, 0.29) is 16.8 Å². The minimum atomic E-state index is -3.89. The highest BCUT2D eigenvalue weighted by molar-refractivity contribution is 7.89. The van der Waals surface area contributed by atoms with Gasteiger partial charge in [-0.15, -0.1) is 0 Å². The topological polar surface area (TPSA) is 109 Å². The minimum Gasteiger partial charge on any atom is -0.438 e. The van der Waals surface area contributed by atoms with Crippen LogP contribution in [-0.2, 0) is 14.8 Å². The number of nitrogens with zero attached hydrogens (tertiary/aromatic N) is 1. The molecule has 0 saturated carbocycles. The van der Waals surface area contributed by atoms with Crippen molar-refractivity contribution in [3.8, 4) is 0 Å². The second-order valence-corrected chi connectivity index (χ2v) is 9.97. The number of sulfonamides is 1. The molecule has 2 heterocycles. The Balaban J connectivity index is 1.78. The molecule has 3 rings (SSSR count). The third-order valence-electron chi connectivity index (χ3n) is 4.59. The molecule has 0 radical (unpaired) electrons. The van der Waals surface area contributed by atoms with E-state index in [9.17, 15) is 18.0 Å². The van der Waals surface area contributed by atoms with Crippen molar-refractivity contribution in [2.75, 3.05) is 13.1 Å². The van der Waals surface area contributed by atoms with E-state index in [1.54, 1.807) is 25.7 Å². The van der Waals surface area contributed by atoms with Gasteiger partial charge in [-0.1, -0.05) is 30.3 Å². The molecule has 1 saturated heterocycles. The molecule has 2 aromatic rings. The largest absolute Gasteiger partial charge is 0.438 e. The maximum absolute atomic E-state index is 12.8. The Morgan fingerprint density at radius 3 is 2.47 bits per heavy atom. The van der Waals surface area contributed by atoms with Crippen molar-refractivity contribution in [3.63, 3.8) is 0 Å². The fraction of sp³-hybridized carbons (Fsp3) is 0.429. The fourth-order valence-corrected chi connectivity index (χ4v) is 4.66. The third kappa shape index (κ3) is 5.48. The summed E-state index contributed by atoms with van der Waals surface area (Å²) in [5, 5.41) is 2.54. The molecule has 1 unspecified atom stereocenters. The summed E-state index contributed by atoms with van der Waals surface area (Å²) in [7, 11) is -3.89. The Kier molecular flexibility index (Phi) is 6.33. The van der Waals surface area contributed by atoms with Crippen LogP contribution >= 0.6 is 0 Å². The summed E-state index contributed by atoms with van der Waals surface area (Å²) in [4.78, 5) is 26.6. The molecule has 8 nitrogen and oxygen atoms in total. The summed E-state index contributed by atoms with van der Waals surface area (Å²) >= 11 is 0. The van der Waals surface area contributed by atoms with Gasteiger partial charge in [0.25, 0.3) is 15.9 Å². The SMILES string of the molecule is CC(C)(C)NS(=O)(=O)c1ccc(C(=O)NC(CN2CCCC2=O)c2ccccc2)o1. The molecule has 2 amide bonds. The summed E-state index contributed by atoms with van der Waals surface area (Å²) in [6.07, 6.45) is 1.31. The Morgan fingerprint density at radius 2 is 1.87 bits per heavy atom. The number of hydrogen-bond acceptors (Lipinski definition) is 5. The smallest absolute Gasteiger partial charge is 0.287 e. The van der Waals surface area contributed by atoms with E-state index in [0.717, 1.165) is 12.0 Å². The quantitative estimate of drug-likeness (QED) is 0.697. The lowest BCUT2D eigenvalue weighted by molar-refractivity contribution is -0.128. The van der Waals surface area contributed by atoms with Gasteiger partial charge in [0.05, 0.1) is 6.04 Å². The molecule has 2 N–H and O–H groups in total. The number of likely N-dealkylation sites (tertiary alicyclic amines) is 1. The van der Waals surface area contributed by atoms with Gasteiger partial charge in [-0.05, 0) is 44.9 Å². The molecule has 1 aliphatic heterocycles. The minimum absolute atomic E-state index is 0.0600. The van der Waals surface area contributed by atoms with Gasteiger partial charge < -0.3 is 14.6 Å². The molecule has 0 aliphatic carbocycles. The van der Waals surface area contributed by atoms with E-state index >= 15 is 0 Å². The molecule has 162 valence electrons. The zero-order valence-corrected chi connectivity index (χ0v) is 18.2. The number of furan rings is 1. The fourth-order valence-electron chi connectivity index (χ4n) is 3.31. The lowest BCUT2D eigenvalue weighted by Crippen LogP contribution is -2.40. The molecule has 1 aromatic carbocycles. The lowest BCUT2D eigenvalue weighted by Gasteiger charge is -2.25. The molecule has 0 spiro atoms. The Bertz CT molecular complexity index is 1010. The van der Waals surface area contributed by atoms with E-state index in [4.69, 9.17) is 4.42 Å². The van der Waals surface area contributed by atoms with Crippen LogP contribution in [0.3, 0.4) is 0 Å². The number of benzene rings is 1. The van der Waals surface area contributed by atoms with Gasteiger partial charge >= 0.3 is 0 Å². The van der Waals surface area contributed by atoms with Gasteiger partial charge in [-0.25, -0.2) is 13.1 Å². The van der Waals surface area contributed by atoms with Gasteiger partial charge in [-0.3, -0.25) is 9.59 Å². The van der Waals surface area contributed by atoms with E-state index in [2.05, 4.69) is 10.0 Å². The molecule has 30 heavy (non-hydrogen) atoms. The molecular formula is C21H27N3O5S. The van der Waals surface area contributed by atoms with Crippen LogP contribution in [0.1, 0.15) is 55.8 Å². The highest BCUT2D eigenvalue weighted by Crippen LogP contribution is 2.21. The summed E-state index contributed by atoms with van der Waals surface area (Å²) in [6.45, 7) is 6.13. The van der Waals surface area contributed by atoms with Crippen LogP contribution < -0.4 is 10.0 Å². The van der Waals surface area contributed by atoms with Crippen molar-refractivity contribution in [3.05, 3.63) is 53.8 Å². The van der Waals surface area contributed by atoms with Crippen molar-refractivity contribution in [2.24, 2.45) is 0 Å². The number of carbonyl (C=O) groups is 2.